The summed E-state index contributed by atoms with van der Waals surface area (Å²) in [7, 11) is 0. The molecule has 0 bridgehead atoms. The molecule has 0 spiro atoms. The first kappa shape index (κ1) is 11.9. The molecule has 0 saturated carbocycles. The van der Waals surface area contributed by atoms with Gasteiger partial charge in [-0.1, -0.05) is 0 Å². The number of carbonyl (C=O) groups is 1. The lowest BCUT2D eigenvalue weighted by molar-refractivity contribution is 0.0922. The molecule has 92 valence electrons. The van der Waals surface area contributed by atoms with Crippen molar-refractivity contribution in [1.82, 2.24) is 5.32 Å². The van der Waals surface area contributed by atoms with E-state index in [2.05, 4.69) is 5.32 Å². The summed E-state index contributed by atoms with van der Waals surface area (Å²) in [6.07, 6.45) is 0.997. The molecule has 4 heteroatoms. The molecule has 4 nitrogen and oxygen atoms in total. The zero-order valence-electron chi connectivity index (χ0n) is 9.85. The maximum atomic E-state index is 11.9. The van der Waals surface area contributed by atoms with Crippen LogP contribution in [0.4, 0.5) is 0 Å². The summed E-state index contributed by atoms with van der Waals surface area (Å²) in [6.45, 7) is 3.50. The van der Waals surface area contributed by atoms with Crippen molar-refractivity contribution in [1.29, 1.82) is 0 Å². The van der Waals surface area contributed by atoms with Crippen LogP contribution in [0.15, 0.2) is 24.3 Å². The monoisotopic (exact) mass is 235 g/mol. The maximum Gasteiger partial charge on any atom is 0.251 e. The second-order valence-electron chi connectivity index (χ2n) is 4.43. The summed E-state index contributed by atoms with van der Waals surface area (Å²) >= 11 is 0. The molecule has 0 radical (unpaired) electrons. The van der Waals surface area contributed by atoms with Crippen molar-refractivity contribution in [3.8, 4) is 5.75 Å². The van der Waals surface area contributed by atoms with Crippen LogP contribution in [-0.4, -0.2) is 30.3 Å². The number of amides is 1. The van der Waals surface area contributed by atoms with Crippen molar-refractivity contribution in [3.05, 3.63) is 29.8 Å². The van der Waals surface area contributed by atoms with Crippen LogP contribution in [0.5, 0.6) is 5.75 Å². The zero-order valence-corrected chi connectivity index (χ0v) is 9.85. The van der Waals surface area contributed by atoms with Crippen molar-refractivity contribution in [3.63, 3.8) is 0 Å². The second kappa shape index (κ2) is 5.19. The Morgan fingerprint density at radius 1 is 1.47 bits per heavy atom. The maximum absolute atomic E-state index is 11.9. The minimum atomic E-state index is -0.107. The lowest BCUT2D eigenvalue weighted by Gasteiger charge is -2.19. The molecule has 2 rings (SSSR count). The molecular formula is C13H17NO3. The normalized spacial score (nSPS) is 21.1. The third kappa shape index (κ3) is 2.97. The molecule has 2 N–H and O–H groups in total. The van der Waals surface area contributed by atoms with Crippen LogP contribution in [0.3, 0.4) is 0 Å². The fourth-order valence-corrected chi connectivity index (χ4v) is 1.97. The van der Waals surface area contributed by atoms with E-state index >= 15 is 0 Å². The van der Waals surface area contributed by atoms with E-state index in [1.807, 2.05) is 6.92 Å². The van der Waals surface area contributed by atoms with Crippen LogP contribution in [0, 0.1) is 5.92 Å². The average Bonchev–Trinajstić information content (AvgIpc) is 2.83. The minimum absolute atomic E-state index is 0.107. The lowest BCUT2D eigenvalue weighted by atomic mass is 10.0. The summed E-state index contributed by atoms with van der Waals surface area (Å²) in [6, 6.07) is 6.36. The number of rotatable bonds is 3. The smallest absolute Gasteiger partial charge is 0.251 e. The quantitative estimate of drug-likeness (QED) is 0.835. The number of benzene rings is 1. The Bertz CT molecular complexity index is 382. The van der Waals surface area contributed by atoms with Gasteiger partial charge in [0.15, 0.2) is 0 Å². The van der Waals surface area contributed by atoms with Crippen molar-refractivity contribution in [2.24, 2.45) is 5.92 Å². The van der Waals surface area contributed by atoms with Gasteiger partial charge in [0.1, 0.15) is 5.75 Å². The van der Waals surface area contributed by atoms with Gasteiger partial charge < -0.3 is 15.2 Å². The zero-order chi connectivity index (χ0) is 12.3. The summed E-state index contributed by atoms with van der Waals surface area (Å²) < 4.78 is 5.30. The molecular weight excluding hydrogens is 218 g/mol. The van der Waals surface area contributed by atoms with Crippen molar-refractivity contribution in [2.75, 3.05) is 13.2 Å². The highest BCUT2D eigenvalue weighted by Crippen LogP contribution is 2.17. The number of hydrogen-bond acceptors (Lipinski definition) is 3. The highest BCUT2D eigenvalue weighted by molar-refractivity contribution is 5.94. The second-order valence-corrected chi connectivity index (χ2v) is 4.43. The SMILES string of the molecule is CC(NC(=O)c1ccc(O)cc1)C1CCOC1. The molecule has 0 aromatic heterocycles. The van der Waals surface area contributed by atoms with E-state index < -0.39 is 0 Å². The molecule has 1 fully saturated rings. The molecule has 2 unspecified atom stereocenters. The fourth-order valence-electron chi connectivity index (χ4n) is 1.97. The molecule has 1 amide bonds. The van der Waals surface area contributed by atoms with E-state index in [9.17, 15) is 4.79 Å². The Hall–Kier alpha value is -1.55. The molecule has 1 aliphatic heterocycles. The summed E-state index contributed by atoms with van der Waals surface area (Å²) in [5.74, 6) is 0.458. The van der Waals surface area contributed by atoms with Crippen molar-refractivity contribution >= 4 is 5.91 Å². The van der Waals surface area contributed by atoms with Gasteiger partial charge in [-0.25, -0.2) is 0 Å². The molecule has 17 heavy (non-hydrogen) atoms. The van der Waals surface area contributed by atoms with Gasteiger partial charge >= 0.3 is 0 Å². The predicted octanol–water partition coefficient (Wildman–Crippen LogP) is 1.55. The van der Waals surface area contributed by atoms with Crippen molar-refractivity contribution < 1.29 is 14.6 Å². The van der Waals surface area contributed by atoms with E-state index in [4.69, 9.17) is 9.84 Å². The van der Waals surface area contributed by atoms with E-state index in [0.717, 1.165) is 19.6 Å². The summed E-state index contributed by atoms with van der Waals surface area (Å²) in [5, 5.41) is 12.1. The third-order valence-electron chi connectivity index (χ3n) is 3.16. The molecule has 0 aliphatic carbocycles. The Labute approximate surface area is 101 Å². The van der Waals surface area contributed by atoms with Crippen LogP contribution in [0.2, 0.25) is 0 Å². The number of ether oxygens (including phenoxy) is 1. The first-order valence-electron chi connectivity index (χ1n) is 5.84. The van der Waals surface area contributed by atoms with Crippen LogP contribution in [0.25, 0.3) is 0 Å². The first-order chi connectivity index (χ1) is 8.16. The Balaban J connectivity index is 1.94. The molecule has 1 aromatic rings. The van der Waals surface area contributed by atoms with Crippen molar-refractivity contribution in [2.45, 2.75) is 19.4 Å². The number of aromatic hydroxyl groups is 1. The standard InChI is InChI=1S/C13H17NO3/c1-9(11-6-7-17-8-11)14-13(16)10-2-4-12(15)5-3-10/h2-5,9,11,15H,6-8H2,1H3,(H,14,16). The average molecular weight is 235 g/mol. The Kier molecular flexibility index (Phi) is 3.64. The minimum Gasteiger partial charge on any atom is -0.508 e. The third-order valence-corrected chi connectivity index (χ3v) is 3.16. The lowest BCUT2D eigenvalue weighted by Crippen LogP contribution is -2.38. The molecule has 2 atom stereocenters. The molecule has 1 aliphatic rings. The number of phenols is 1. The summed E-state index contributed by atoms with van der Waals surface area (Å²) in [4.78, 5) is 11.9. The molecule has 1 heterocycles. The van der Waals surface area contributed by atoms with Gasteiger partial charge in [-0.05, 0) is 37.6 Å². The topological polar surface area (TPSA) is 58.6 Å². The summed E-state index contributed by atoms with van der Waals surface area (Å²) in [5.41, 5.74) is 0.563. The van der Waals surface area contributed by atoms with Gasteiger partial charge in [0.05, 0.1) is 6.61 Å². The Morgan fingerprint density at radius 2 is 2.18 bits per heavy atom. The van der Waals surface area contributed by atoms with Crippen LogP contribution in [0.1, 0.15) is 23.7 Å². The predicted molar refractivity (Wildman–Crippen MR) is 64.0 cm³/mol. The van der Waals surface area contributed by atoms with Gasteiger partial charge in [0, 0.05) is 24.1 Å². The number of hydrogen-bond donors (Lipinski definition) is 2. The van der Waals surface area contributed by atoms with Gasteiger partial charge in [-0.2, -0.15) is 0 Å². The highest BCUT2D eigenvalue weighted by Gasteiger charge is 2.23. The van der Waals surface area contributed by atoms with E-state index in [0.29, 0.717) is 11.5 Å². The van der Waals surface area contributed by atoms with Crippen LogP contribution >= 0.6 is 0 Å². The van der Waals surface area contributed by atoms with Crippen LogP contribution in [-0.2, 0) is 4.74 Å². The first-order valence-corrected chi connectivity index (χ1v) is 5.84. The number of phenolic OH excluding ortho intramolecular Hbond substituents is 1. The van der Waals surface area contributed by atoms with Gasteiger partial charge in [0.25, 0.3) is 5.91 Å². The fraction of sp³-hybridized carbons (Fsp3) is 0.462. The number of nitrogens with one attached hydrogen (secondary N) is 1. The van der Waals surface area contributed by atoms with Gasteiger partial charge in [-0.3, -0.25) is 4.79 Å². The molecule has 1 saturated heterocycles. The Morgan fingerprint density at radius 3 is 2.76 bits per heavy atom. The van der Waals surface area contributed by atoms with E-state index in [1.54, 1.807) is 12.1 Å². The number of carbonyl (C=O) groups excluding carboxylic acids is 1. The largest absolute Gasteiger partial charge is 0.508 e. The highest BCUT2D eigenvalue weighted by atomic mass is 16.5. The van der Waals surface area contributed by atoms with E-state index in [1.165, 1.54) is 12.1 Å². The van der Waals surface area contributed by atoms with Gasteiger partial charge in [-0.15, -0.1) is 0 Å². The van der Waals surface area contributed by atoms with Crippen LogP contribution < -0.4 is 5.32 Å². The molecule has 1 aromatic carbocycles. The van der Waals surface area contributed by atoms with E-state index in [-0.39, 0.29) is 17.7 Å². The van der Waals surface area contributed by atoms with Gasteiger partial charge in [0.2, 0.25) is 0 Å².